The first-order chi connectivity index (χ1) is 6.83. The summed E-state index contributed by atoms with van der Waals surface area (Å²) in [4.78, 5) is 0. The van der Waals surface area contributed by atoms with Crippen LogP contribution in [0.15, 0.2) is 12.3 Å². The lowest BCUT2D eigenvalue weighted by molar-refractivity contribution is 0.0254. The van der Waals surface area contributed by atoms with Gasteiger partial charge in [0.1, 0.15) is 5.82 Å². The number of anilines is 1. The van der Waals surface area contributed by atoms with E-state index >= 15 is 0 Å². The van der Waals surface area contributed by atoms with E-state index in [0.717, 1.165) is 18.7 Å². The van der Waals surface area contributed by atoms with Gasteiger partial charge < -0.3 is 10.5 Å². The fourth-order valence-corrected chi connectivity index (χ4v) is 2.23. The van der Waals surface area contributed by atoms with Crippen molar-refractivity contribution < 1.29 is 4.74 Å². The van der Waals surface area contributed by atoms with Crippen molar-refractivity contribution in [1.29, 1.82) is 0 Å². The number of nitrogens with two attached hydrogens (primary N) is 1. The lowest BCUT2D eigenvalue weighted by Crippen LogP contribution is -2.30. The smallest absolute Gasteiger partial charge is 0.122 e. The molecule has 2 atom stereocenters. The van der Waals surface area contributed by atoms with E-state index in [1.807, 2.05) is 10.7 Å². The predicted octanol–water partition coefficient (Wildman–Crippen LogP) is 1.60. The number of nitrogen functional groups attached to an aromatic ring is 1. The van der Waals surface area contributed by atoms with E-state index in [1.54, 1.807) is 13.3 Å². The molecule has 1 heterocycles. The van der Waals surface area contributed by atoms with Crippen LogP contribution in [0, 0.1) is 0 Å². The molecule has 1 aliphatic carbocycles. The first-order valence-corrected chi connectivity index (χ1v) is 5.14. The van der Waals surface area contributed by atoms with Gasteiger partial charge in [-0.25, -0.2) is 4.68 Å². The molecule has 0 aromatic carbocycles. The topological polar surface area (TPSA) is 53.1 Å². The SMILES string of the molecule is COC1CCCCC1n1nccc1N. The van der Waals surface area contributed by atoms with Crippen molar-refractivity contribution in [1.82, 2.24) is 9.78 Å². The standard InChI is InChI=1S/C10H17N3O/c1-14-9-5-3-2-4-8(9)13-10(11)6-7-12-13/h6-9H,2-5,11H2,1H3. The molecule has 4 heteroatoms. The Kier molecular flexibility index (Phi) is 2.72. The Bertz CT molecular complexity index is 297. The molecule has 0 aliphatic heterocycles. The number of nitrogens with zero attached hydrogens (tertiary/aromatic N) is 2. The van der Waals surface area contributed by atoms with E-state index in [9.17, 15) is 0 Å². The number of ether oxygens (including phenoxy) is 1. The predicted molar refractivity (Wildman–Crippen MR) is 54.9 cm³/mol. The molecule has 0 radical (unpaired) electrons. The maximum absolute atomic E-state index is 5.83. The van der Waals surface area contributed by atoms with E-state index in [1.165, 1.54) is 12.8 Å². The zero-order valence-corrected chi connectivity index (χ0v) is 8.52. The van der Waals surface area contributed by atoms with Crippen LogP contribution in [0.3, 0.4) is 0 Å². The zero-order valence-electron chi connectivity index (χ0n) is 8.52. The summed E-state index contributed by atoms with van der Waals surface area (Å²) >= 11 is 0. The molecule has 1 aromatic heterocycles. The van der Waals surface area contributed by atoms with Gasteiger partial charge in [0.2, 0.25) is 0 Å². The van der Waals surface area contributed by atoms with Gasteiger partial charge in [-0.15, -0.1) is 0 Å². The summed E-state index contributed by atoms with van der Waals surface area (Å²) in [6, 6.07) is 2.16. The molecule has 2 rings (SSSR count). The average Bonchev–Trinajstić information content (AvgIpc) is 2.64. The number of methoxy groups -OCH3 is 1. The van der Waals surface area contributed by atoms with Crippen molar-refractivity contribution in [2.45, 2.75) is 37.8 Å². The number of aromatic nitrogens is 2. The number of rotatable bonds is 2. The van der Waals surface area contributed by atoms with E-state index in [2.05, 4.69) is 5.10 Å². The van der Waals surface area contributed by atoms with Crippen LogP contribution < -0.4 is 5.73 Å². The third-order valence-electron chi connectivity index (χ3n) is 2.99. The summed E-state index contributed by atoms with van der Waals surface area (Å²) < 4.78 is 7.36. The lowest BCUT2D eigenvalue weighted by atomic mass is 9.92. The Hall–Kier alpha value is -1.03. The highest BCUT2D eigenvalue weighted by molar-refractivity contribution is 5.27. The Morgan fingerprint density at radius 1 is 1.50 bits per heavy atom. The van der Waals surface area contributed by atoms with E-state index < -0.39 is 0 Å². The molecule has 0 bridgehead atoms. The second-order valence-corrected chi connectivity index (χ2v) is 3.83. The van der Waals surface area contributed by atoms with Crippen LogP contribution in [0.4, 0.5) is 5.82 Å². The Balaban J connectivity index is 2.19. The van der Waals surface area contributed by atoms with Crippen molar-refractivity contribution in [3.8, 4) is 0 Å². The van der Waals surface area contributed by atoms with E-state index in [4.69, 9.17) is 10.5 Å². The van der Waals surface area contributed by atoms with Gasteiger partial charge in [-0.05, 0) is 18.9 Å². The molecular weight excluding hydrogens is 178 g/mol. The van der Waals surface area contributed by atoms with Gasteiger partial charge in [0.05, 0.1) is 18.3 Å². The normalized spacial score (nSPS) is 27.8. The van der Waals surface area contributed by atoms with Gasteiger partial charge >= 0.3 is 0 Å². The van der Waals surface area contributed by atoms with Crippen LogP contribution in [0.25, 0.3) is 0 Å². The van der Waals surface area contributed by atoms with Gasteiger partial charge in [-0.3, -0.25) is 0 Å². The molecule has 1 aromatic rings. The van der Waals surface area contributed by atoms with Crippen molar-refractivity contribution in [3.05, 3.63) is 12.3 Å². The summed E-state index contributed by atoms with van der Waals surface area (Å²) in [6.07, 6.45) is 6.73. The van der Waals surface area contributed by atoms with Crippen LogP contribution in [0.1, 0.15) is 31.7 Å². The fraction of sp³-hybridized carbons (Fsp3) is 0.700. The quantitative estimate of drug-likeness (QED) is 0.779. The molecule has 2 N–H and O–H groups in total. The first-order valence-electron chi connectivity index (χ1n) is 5.14. The number of hydrogen-bond donors (Lipinski definition) is 1. The van der Waals surface area contributed by atoms with Crippen molar-refractivity contribution in [2.75, 3.05) is 12.8 Å². The van der Waals surface area contributed by atoms with Crippen LogP contribution in [0.2, 0.25) is 0 Å². The molecule has 14 heavy (non-hydrogen) atoms. The Labute approximate surface area is 84.0 Å². The summed E-state index contributed by atoms with van der Waals surface area (Å²) in [5, 5.41) is 4.25. The van der Waals surface area contributed by atoms with Crippen molar-refractivity contribution in [2.24, 2.45) is 0 Å². The molecule has 2 unspecified atom stereocenters. The fourth-order valence-electron chi connectivity index (χ4n) is 2.23. The molecule has 4 nitrogen and oxygen atoms in total. The van der Waals surface area contributed by atoms with Gasteiger partial charge in [0.15, 0.2) is 0 Å². The summed E-state index contributed by atoms with van der Waals surface area (Å²) in [5.74, 6) is 0.735. The molecule has 1 fully saturated rings. The minimum atomic E-state index is 0.269. The highest BCUT2D eigenvalue weighted by Gasteiger charge is 2.27. The molecule has 0 amide bonds. The third-order valence-corrected chi connectivity index (χ3v) is 2.99. The lowest BCUT2D eigenvalue weighted by Gasteiger charge is -2.31. The van der Waals surface area contributed by atoms with Crippen molar-refractivity contribution in [3.63, 3.8) is 0 Å². The zero-order chi connectivity index (χ0) is 9.97. The molecular formula is C10H17N3O. The minimum Gasteiger partial charge on any atom is -0.384 e. The Morgan fingerprint density at radius 3 is 2.93 bits per heavy atom. The second-order valence-electron chi connectivity index (χ2n) is 3.83. The van der Waals surface area contributed by atoms with Crippen molar-refractivity contribution >= 4 is 5.82 Å². The average molecular weight is 195 g/mol. The van der Waals surface area contributed by atoms with E-state index in [-0.39, 0.29) is 6.10 Å². The van der Waals surface area contributed by atoms with Gasteiger partial charge in [0.25, 0.3) is 0 Å². The Morgan fingerprint density at radius 2 is 2.29 bits per heavy atom. The minimum absolute atomic E-state index is 0.269. The molecule has 0 spiro atoms. The maximum atomic E-state index is 5.83. The second kappa shape index (κ2) is 4.00. The monoisotopic (exact) mass is 195 g/mol. The summed E-state index contributed by atoms with van der Waals surface area (Å²) in [5.41, 5.74) is 5.83. The first kappa shape index (κ1) is 9.52. The maximum Gasteiger partial charge on any atom is 0.122 e. The summed E-state index contributed by atoms with van der Waals surface area (Å²) in [6.45, 7) is 0. The molecule has 0 saturated heterocycles. The molecule has 78 valence electrons. The summed E-state index contributed by atoms with van der Waals surface area (Å²) in [7, 11) is 1.77. The van der Waals surface area contributed by atoms with Gasteiger partial charge in [-0.1, -0.05) is 12.8 Å². The van der Waals surface area contributed by atoms with Crippen LogP contribution in [-0.2, 0) is 4.74 Å². The van der Waals surface area contributed by atoms with Crippen LogP contribution in [0.5, 0.6) is 0 Å². The van der Waals surface area contributed by atoms with E-state index in [0.29, 0.717) is 6.04 Å². The largest absolute Gasteiger partial charge is 0.384 e. The van der Waals surface area contributed by atoms with Crippen LogP contribution >= 0.6 is 0 Å². The highest BCUT2D eigenvalue weighted by Crippen LogP contribution is 2.31. The number of hydrogen-bond acceptors (Lipinski definition) is 3. The highest BCUT2D eigenvalue weighted by atomic mass is 16.5. The van der Waals surface area contributed by atoms with Gasteiger partial charge in [-0.2, -0.15) is 5.10 Å². The molecule has 1 saturated carbocycles. The van der Waals surface area contributed by atoms with Gasteiger partial charge in [0, 0.05) is 7.11 Å². The van der Waals surface area contributed by atoms with Crippen LogP contribution in [-0.4, -0.2) is 23.0 Å². The molecule has 1 aliphatic rings. The third kappa shape index (κ3) is 1.62.